The highest BCUT2D eigenvalue weighted by Crippen LogP contribution is 2.58. The predicted molar refractivity (Wildman–Crippen MR) is 78.6 cm³/mol. The third kappa shape index (κ3) is 1.92. The van der Waals surface area contributed by atoms with Crippen molar-refractivity contribution < 1.29 is 18.3 Å². The quantitative estimate of drug-likeness (QED) is 0.906. The Morgan fingerprint density at radius 1 is 1.05 bits per heavy atom. The lowest BCUT2D eigenvalue weighted by atomic mass is 9.85. The summed E-state index contributed by atoms with van der Waals surface area (Å²) >= 11 is 0. The molecule has 1 heterocycles. The van der Waals surface area contributed by atoms with E-state index >= 15 is 0 Å². The van der Waals surface area contributed by atoms with E-state index in [9.17, 15) is 18.3 Å². The van der Waals surface area contributed by atoms with Gasteiger partial charge in [0, 0.05) is 17.8 Å². The first-order valence-electron chi connectivity index (χ1n) is 7.11. The van der Waals surface area contributed by atoms with Gasteiger partial charge in [-0.05, 0) is 18.6 Å². The number of para-hydroxylation sites is 1. The molecule has 2 nitrogen and oxygen atoms in total. The van der Waals surface area contributed by atoms with Crippen LogP contribution in [0.5, 0.6) is 0 Å². The number of halogens is 3. The number of rotatable bonds is 2. The molecule has 0 saturated carbocycles. The molecular formula is C17H16F3NO. The fourth-order valence-corrected chi connectivity index (χ4v) is 3.28. The van der Waals surface area contributed by atoms with E-state index in [1.807, 2.05) is 0 Å². The van der Waals surface area contributed by atoms with Gasteiger partial charge >= 0.3 is 6.18 Å². The van der Waals surface area contributed by atoms with Gasteiger partial charge in [-0.15, -0.1) is 0 Å². The van der Waals surface area contributed by atoms with E-state index in [1.165, 1.54) is 12.1 Å². The maximum Gasteiger partial charge on any atom is 0.423 e. The van der Waals surface area contributed by atoms with Gasteiger partial charge in [-0.1, -0.05) is 48.5 Å². The molecule has 0 spiro atoms. The van der Waals surface area contributed by atoms with Gasteiger partial charge in [0.15, 0.2) is 0 Å². The molecule has 0 aromatic heterocycles. The van der Waals surface area contributed by atoms with Crippen molar-refractivity contribution in [3.63, 3.8) is 0 Å². The number of aliphatic hydroxyl groups is 1. The second-order valence-corrected chi connectivity index (χ2v) is 5.38. The molecular weight excluding hydrogens is 291 g/mol. The fourth-order valence-electron chi connectivity index (χ4n) is 3.28. The first-order chi connectivity index (χ1) is 10.4. The highest BCUT2D eigenvalue weighted by atomic mass is 19.4. The Labute approximate surface area is 126 Å². The van der Waals surface area contributed by atoms with Crippen LogP contribution >= 0.6 is 0 Å². The van der Waals surface area contributed by atoms with Gasteiger partial charge in [-0.2, -0.15) is 13.2 Å². The largest absolute Gasteiger partial charge is 0.423 e. The van der Waals surface area contributed by atoms with Gasteiger partial charge in [0.05, 0.1) is 6.04 Å². The second-order valence-electron chi connectivity index (χ2n) is 5.38. The van der Waals surface area contributed by atoms with Crippen molar-refractivity contribution >= 4 is 5.69 Å². The molecule has 0 radical (unpaired) electrons. The van der Waals surface area contributed by atoms with Crippen LogP contribution in [-0.4, -0.2) is 17.8 Å². The molecule has 2 atom stereocenters. The van der Waals surface area contributed by atoms with Crippen LogP contribution in [0.25, 0.3) is 0 Å². The highest BCUT2D eigenvalue weighted by molar-refractivity contribution is 5.65. The molecule has 1 aliphatic rings. The van der Waals surface area contributed by atoms with Crippen molar-refractivity contribution in [1.82, 2.24) is 0 Å². The van der Waals surface area contributed by atoms with Crippen LogP contribution in [0.15, 0.2) is 54.6 Å². The molecule has 0 bridgehead atoms. The lowest BCUT2D eigenvalue weighted by molar-refractivity contribution is -0.272. The van der Waals surface area contributed by atoms with Gasteiger partial charge in [-0.25, -0.2) is 0 Å². The first-order valence-corrected chi connectivity index (χ1v) is 7.11. The summed E-state index contributed by atoms with van der Waals surface area (Å²) in [5.41, 5.74) is -2.13. The van der Waals surface area contributed by atoms with Gasteiger partial charge in [0.2, 0.25) is 5.60 Å². The van der Waals surface area contributed by atoms with Crippen molar-refractivity contribution in [2.75, 3.05) is 11.4 Å². The summed E-state index contributed by atoms with van der Waals surface area (Å²) in [6, 6.07) is 13.4. The molecule has 0 amide bonds. The van der Waals surface area contributed by atoms with Crippen LogP contribution in [0.3, 0.4) is 0 Å². The molecule has 0 saturated heterocycles. The number of hydrogen-bond acceptors (Lipinski definition) is 2. The Bertz CT molecular complexity index is 671. The molecule has 0 unspecified atom stereocenters. The third-order valence-corrected chi connectivity index (χ3v) is 4.22. The zero-order valence-electron chi connectivity index (χ0n) is 12.0. The summed E-state index contributed by atoms with van der Waals surface area (Å²) in [5, 5.41) is 10.7. The number of hydrogen-bond donors (Lipinski definition) is 1. The van der Waals surface area contributed by atoms with E-state index in [-0.39, 0.29) is 5.56 Å². The van der Waals surface area contributed by atoms with Crippen molar-refractivity contribution in [2.24, 2.45) is 0 Å². The van der Waals surface area contributed by atoms with Crippen molar-refractivity contribution in [3.05, 3.63) is 65.7 Å². The maximum atomic E-state index is 13.8. The van der Waals surface area contributed by atoms with Crippen molar-refractivity contribution in [3.8, 4) is 0 Å². The van der Waals surface area contributed by atoms with Crippen LogP contribution in [-0.2, 0) is 5.60 Å². The molecule has 0 fully saturated rings. The summed E-state index contributed by atoms with van der Waals surface area (Å²) in [6.07, 6.45) is -4.77. The highest BCUT2D eigenvalue weighted by Gasteiger charge is 2.65. The Morgan fingerprint density at radius 3 is 2.23 bits per heavy atom. The zero-order chi connectivity index (χ0) is 16.0. The van der Waals surface area contributed by atoms with E-state index in [2.05, 4.69) is 0 Å². The average Bonchev–Trinajstić information content (AvgIpc) is 2.78. The topological polar surface area (TPSA) is 23.5 Å². The van der Waals surface area contributed by atoms with E-state index in [1.54, 1.807) is 54.3 Å². The summed E-state index contributed by atoms with van der Waals surface area (Å²) in [5.74, 6) is 0. The summed E-state index contributed by atoms with van der Waals surface area (Å²) in [6.45, 7) is 2.16. The molecule has 2 aromatic rings. The van der Waals surface area contributed by atoms with Crippen LogP contribution in [0, 0.1) is 0 Å². The Balaban J connectivity index is 2.27. The third-order valence-electron chi connectivity index (χ3n) is 4.22. The zero-order valence-corrected chi connectivity index (χ0v) is 12.0. The Hall–Kier alpha value is -2.01. The van der Waals surface area contributed by atoms with Crippen LogP contribution in [0.1, 0.15) is 24.1 Å². The van der Waals surface area contributed by atoms with Crippen molar-refractivity contribution in [2.45, 2.75) is 24.7 Å². The Kier molecular flexibility index (Phi) is 3.40. The molecule has 116 valence electrons. The van der Waals surface area contributed by atoms with Crippen LogP contribution in [0.2, 0.25) is 0 Å². The lowest BCUT2D eigenvalue weighted by Gasteiger charge is -2.36. The second kappa shape index (κ2) is 5.02. The number of nitrogens with zero attached hydrogens (tertiary/aromatic N) is 1. The number of benzene rings is 2. The van der Waals surface area contributed by atoms with Crippen LogP contribution in [0.4, 0.5) is 18.9 Å². The molecule has 3 rings (SSSR count). The van der Waals surface area contributed by atoms with E-state index in [0.717, 1.165) is 0 Å². The summed E-state index contributed by atoms with van der Waals surface area (Å²) < 4.78 is 41.4. The van der Waals surface area contributed by atoms with Gasteiger partial charge < -0.3 is 10.0 Å². The minimum atomic E-state index is -4.77. The molecule has 5 heteroatoms. The SMILES string of the molecule is CCN1c2ccccc2[C@](O)(C(F)(F)F)[C@@H]1c1ccccc1. The number of fused-ring (bicyclic) bond motifs is 1. The summed E-state index contributed by atoms with van der Waals surface area (Å²) in [4.78, 5) is 1.61. The van der Waals surface area contributed by atoms with Gasteiger partial charge in [0.25, 0.3) is 0 Å². The van der Waals surface area contributed by atoms with E-state index < -0.39 is 17.8 Å². The normalized spacial score (nSPS) is 24.4. The smallest absolute Gasteiger partial charge is 0.374 e. The average molecular weight is 307 g/mol. The molecule has 1 N–H and O–H groups in total. The molecule has 1 aliphatic heterocycles. The number of likely N-dealkylation sites (N-methyl/N-ethyl adjacent to an activating group) is 1. The minimum absolute atomic E-state index is 0.0850. The molecule has 2 aromatic carbocycles. The maximum absolute atomic E-state index is 13.8. The lowest BCUT2D eigenvalue weighted by Crippen LogP contribution is -2.48. The number of alkyl halides is 3. The molecule has 22 heavy (non-hydrogen) atoms. The summed E-state index contributed by atoms with van der Waals surface area (Å²) in [7, 11) is 0. The van der Waals surface area contributed by atoms with Crippen LogP contribution < -0.4 is 4.90 Å². The number of anilines is 1. The van der Waals surface area contributed by atoms with Crippen molar-refractivity contribution in [1.29, 1.82) is 0 Å². The standard InChI is InChI=1S/C17H16F3NO/c1-2-21-14-11-7-6-10-13(14)16(22,17(18,19)20)15(21)12-8-4-3-5-9-12/h3-11,15,22H,2H2,1H3/t15-,16+/m0/s1. The monoisotopic (exact) mass is 307 g/mol. The van der Waals surface area contributed by atoms with E-state index in [4.69, 9.17) is 0 Å². The van der Waals surface area contributed by atoms with Gasteiger partial charge in [0.1, 0.15) is 0 Å². The Morgan fingerprint density at radius 2 is 1.64 bits per heavy atom. The van der Waals surface area contributed by atoms with E-state index in [0.29, 0.717) is 17.8 Å². The van der Waals surface area contributed by atoms with Gasteiger partial charge in [-0.3, -0.25) is 0 Å². The molecule has 0 aliphatic carbocycles. The first kappa shape index (κ1) is 14.9. The predicted octanol–water partition coefficient (Wildman–Crippen LogP) is 4.02. The minimum Gasteiger partial charge on any atom is -0.374 e. The fraction of sp³-hybridized carbons (Fsp3) is 0.294.